The molecule has 0 unspecified atom stereocenters. The normalized spacial score (nSPS) is 14.7. The smallest absolute Gasteiger partial charge is 0.267 e. The topological polar surface area (TPSA) is 66.7 Å². The fourth-order valence-corrected chi connectivity index (χ4v) is 5.11. The van der Waals surface area contributed by atoms with E-state index in [4.69, 9.17) is 12.2 Å². The maximum absolute atomic E-state index is 13.4. The minimum absolute atomic E-state index is 0.222. The molecule has 9 heteroatoms. The van der Waals surface area contributed by atoms with Crippen LogP contribution in [-0.2, 0) is 17.8 Å². The standard InChI is InChI=1S/C27H21FN4O2S2/c28-20-11-9-19(10-12-20)17-32-26(34)22(36-27(32)35)16-21-24(29-14-13-18-6-2-1-3-7-18)30-23-8-4-5-15-31(23)25(21)33/h1-12,15-16,29H,13-14,17H2/b22-16+. The van der Waals surface area contributed by atoms with E-state index in [1.54, 1.807) is 36.5 Å². The number of hydrogen-bond donors (Lipinski definition) is 1. The summed E-state index contributed by atoms with van der Waals surface area (Å²) < 4.78 is 15.1. The van der Waals surface area contributed by atoms with Crippen LogP contribution in [0.3, 0.4) is 0 Å². The zero-order chi connectivity index (χ0) is 25.1. The maximum atomic E-state index is 13.4. The number of rotatable bonds is 7. The number of fused-ring (bicyclic) bond motifs is 1. The van der Waals surface area contributed by atoms with Crippen molar-refractivity contribution >= 4 is 51.7 Å². The number of aromatic nitrogens is 2. The number of halogens is 1. The summed E-state index contributed by atoms with van der Waals surface area (Å²) in [4.78, 5) is 33.0. The van der Waals surface area contributed by atoms with E-state index >= 15 is 0 Å². The van der Waals surface area contributed by atoms with Crippen molar-refractivity contribution in [2.24, 2.45) is 0 Å². The number of pyridine rings is 1. The van der Waals surface area contributed by atoms with Crippen molar-refractivity contribution in [3.63, 3.8) is 0 Å². The average Bonchev–Trinajstić information content (AvgIpc) is 3.15. The number of nitrogens with zero attached hydrogens (tertiary/aromatic N) is 3. The van der Waals surface area contributed by atoms with Gasteiger partial charge in [0, 0.05) is 12.7 Å². The van der Waals surface area contributed by atoms with Crippen LogP contribution < -0.4 is 10.9 Å². The zero-order valence-electron chi connectivity index (χ0n) is 19.1. The highest BCUT2D eigenvalue weighted by Gasteiger charge is 2.32. The minimum Gasteiger partial charge on any atom is -0.369 e. The maximum Gasteiger partial charge on any atom is 0.267 e. The molecule has 2 aromatic carbocycles. The van der Waals surface area contributed by atoms with E-state index in [0.29, 0.717) is 27.2 Å². The Labute approximate surface area is 216 Å². The third-order valence-corrected chi connectivity index (χ3v) is 7.10. The number of nitrogens with one attached hydrogen (secondary N) is 1. The monoisotopic (exact) mass is 516 g/mol. The van der Waals surface area contributed by atoms with E-state index in [0.717, 1.165) is 29.3 Å². The number of thioether (sulfide) groups is 1. The molecule has 0 aliphatic carbocycles. The molecule has 1 amide bonds. The first-order chi connectivity index (χ1) is 17.5. The van der Waals surface area contributed by atoms with E-state index < -0.39 is 0 Å². The molecule has 3 heterocycles. The molecule has 6 nitrogen and oxygen atoms in total. The Kier molecular flexibility index (Phi) is 6.92. The lowest BCUT2D eigenvalue weighted by Crippen LogP contribution is -2.27. The SMILES string of the molecule is O=C1/C(=C\c2c(NCCc3ccccc3)nc3ccccn3c2=O)SC(=S)N1Cc1ccc(F)cc1. The van der Waals surface area contributed by atoms with Gasteiger partial charge < -0.3 is 5.32 Å². The van der Waals surface area contributed by atoms with Crippen LogP contribution in [-0.4, -0.2) is 31.1 Å². The summed E-state index contributed by atoms with van der Waals surface area (Å²) in [5, 5.41) is 3.28. The van der Waals surface area contributed by atoms with Gasteiger partial charge in [-0.05, 0) is 47.9 Å². The summed E-state index contributed by atoms with van der Waals surface area (Å²) in [6, 6.07) is 21.3. The number of benzene rings is 2. The number of hydrogen-bond acceptors (Lipinski definition) is 6. The van der Waals surface area contributed by atoms with Crippen molar-refractivity contribution in [2.75, 3.05) is 11.9 Å². The summed E-state index contributed by atoms with van der Waals surface area (Å²) in [6.07, 6.45) is 3.95. The first kappa shape index (κ1) is 23.9. The molecule has 0 saturated carbocycles. The molecular formula is C27H21FN4O2S2. The van der Waals surface area contributed by atoms with Gasteiger partial charge in [-0.25, -0.2) is 9.37 Å². The molecule has 0 bridgehead atoms. The van der Waals surface area contributed by atoms with Gasteiger partial charge >= 0.3 is 0 Å². The average molecular weight is 517 g/mol. The number of anilines is 1. The first-order valence-corrected chi connectivity index (χ1v) is 12.5. The summed E-state index contributed by atoms with van der Waals surface area (Å²) in [7, 11) is 0. The fraction of sp³-hybridized carbons (Fsp3) is 0.111. The lowest BCUT2D eigenvalue weighted by Gasteiger charge is -2.14. The largest absolute Gasteiger partial charge is 0.369 e. The van der Waals surface area contributed by atoms with Gasteiger partial charge in [0.2, 0.25) is 0 Å². The van der Waals surface area contributed by atoms with E-state index in [-0.39, 0.29) is 29.4 Å². The van der Waals surface area contributed by atoms with Gasteiger partial charge in [-0.3, -0.25) is 18.9 Å². The van der Waals surface area contributed by atoms with Gasteiger partial charge in [0.15, 0.2) is 0 Å². The van der Waals surface area contributed by atoms with E-state index in [9.17, 15) is 14.0 Å². The third kappa shape index (κ3) is 5.07. The molecule has 1 aliphatic rings. The summed E-state index contributed by atoms with van der Waals surface area (Å²) in [6.45, 7) is 0.783. The van der Waals surface area contributed by atoms with Crippen LogP contribution in [0.5, 0.6) is 0 Å². The van der Waals surface area contributed by atoms with Gasteiger partial charge in [-0.15, -0.1) is 0 Å². The molecule has 36 heavy (non-hydrogen) atoms. The molecule has 0 spiro atoms. The Morgan fingerprint density at radius 3 is 2.50 bits per heavy atom. The number of carbonyl (C=O) groups excluding carboxylic acids is 1. The van der Waals surface area contributed by atoms with Crippen molar-refractivity contribution in [3.05, 3.63) is 117 Å². The molecule has 4 aromatic rings. The Morgan fingerprint density at radius 2 is 1.72 bits per heavy atom. The molecule has 1 fully saturated rings. The van der Waals surface area contributed by atoms with Crippen LogP contribution in [0.1, 0.15) is 16.7 Å². The van der Waals surface area contributed by atoms with Crippen LogP contribution in [0.4, 0.5) is 10.2 Å². The lowest BCUT2D eigenvalue weighted by molar-refractivity contribution is -0.122. The Morgan fingerprint density at radius 1 is 0.972 bits per heavy atom. The Hall–Kier alpha value is -3.82. The van der Waals surface area contributed by atoms with Gasteiger partial charge in [-0.1, -0.05) is 72.5 Å². The zero-order valence-corrected chi connectivity index (χ0v) is 20.7. The van der Waals surface area contributed by atoms with E-state index in [2.05, 4.69) is 10.3 Å². The second kappa shape index (κ2) is 10.4. The minimum atomic E-state index is -0.347. The highest BCUT2D eigenvalue weighted by atomic mass is 32.2. The molecule has 1 saturated heterocycles. The summed E-state index contributed by atoms with van der Waals surface area (Å²) >= 11 is 6.57. The molecular weight excluding hydrogens is 495 g/mol. The molecule has 0 atom stereocenters. The first-order valence-electron chi connectivity index (χ1n) is 11.3. The van der Waals surface area contributed by atoms with E-state index in [1.165, 1.54) is 21.4 Å². The highest BCUT2D eigenvalue weighted by molar-refractivity contribution is 8.26. The number of amides is 1. The lowest BCUT2D eigenvalue weighted by atomic mass is 10.1. The molecule has 5 rings (SSSR count). The van der Waals surface area contributed by atoms with Crippen molar-refractivity contribution in [3.8, 4) is 0 Å². The van der Waals surface area contributed by atoms with Gasteiger partial charge in [0.1, 0.15) is 21.6 Å². The van der Waals surface area contributed by atoms with Crippen molar-refractivity contribution in [1.29, 1.82) is 0 Å². The second-order valence-electron chi connectivity index (χ2n) is 8.16. The molecule has 180 valence electrons. The van der Waals surface area contributed by atoms with Crippen LogP contribution in [0.25, 0.3) is 11.7 Å². The van der Waals surface area contributed by atoms with Crippen molar-refractivity contribution in [2.45, 2.75) is 13.0 Å². The predicted octanol–water partition coefficient (Wildman–Crippen LogP) is 4.89. The predicted molar refractivity (Wildman–Crippen MR) is 145 cm³/mol. The van der Waals surface area contributed by atoms with Gasteiger partial charge in [-0.2, -0.15) is 0 Å². The van der Waals surface area contributed by atoms with Crippen LogP contribution in [0.15, 0.2) is 88.7 Å². The van der Waals surface area contributed by atoms with E-state index in [1.807, 2.05) is 36.4 Å². The summed E-state index contributed by atoms with van der Waals surface area (Å²) in [5.41, 5.74) is 2.42. The van der Waals surface area contributed by atoms with Crippen molar-refractivity contribution < 1.29 is 9.18 Å². The fourth-order valence-electron chi connectivity index (χ4n) is 3.88. The third-order valence-electron chi connectivity index (χ3n) is 5.72. The molecule has 1 N–H and O–H groups in total. The van der Waals surface area contributed by atoms with Gasteiger partial charge in [0.05, 0.1) is 17.0 Å². The number of carbonyl (C=O) groups is 1. The molecule has 2 aromatic heterocycles. The second-order valence-corrected chi connectivity index (χ2v) is 9.84. The summed E-state index contributed by atoms with van der Waals surface area (Å²) in [5.74, 6) is -0.242. The van der Waals surface area contributed by atoms with Crippen LogP contribution in [0, 0.1) is 5.82 Å². The van der Waals surface area contributed by atoms with Gasteiger partial charge in [0.25, 0.3) is 11.5 Å². The van der Waals surface area contributed by atoms with Crippen LogP contribution >= 0.6 is 24.0 Å². The highest BCUT2D eigenvalue weighted by Crippen LogP contribution is 2.34. The Bertz CT molecular complexity index is 1540. The number of thiocarbonyl (C=S) groups is 1. The molecule has 1 aliphatic heterocycles. The van der Waals surface area contributed by atoms with Crippen molar-refractivity contribution in [1.82, 2.24) is 14.3 Å². The quantitative estimate of drug-likeness (QED) is 0.279. The van der Waals surface area contributed by atoms with Crippen LogP contribution in [0.2, 0.25) is 0 Å². The Balaban J connectivity index is 1.45. The molecule has 0 radical (unpaired) electrons.